The van der Waals surface area contributed by atoms with E-state index < -0.39 is 5.97 Å². The molecule has 0 aliphatic rings. The molecule has 1 heterocycles. The topological polar surface area (TPSA) is 83.4 Å². The van der Waals surface area contributed by atoms with Crippen molar-refractivity contribution in [3.05, 3.63) is 95.2 Å². The molecular weight excluding hydrogens is 402 g/mol. The first-order chi connectivity index (χ1) is 15.3. The lowest BCUT2D eigenvalue weighted by Crippen LogP contribution is -2.29. The number of amides is 1. The fourth-order valence-electron chi connectivity index (χ4n) is 3.92. The van der Waals surface area contributed by atoms with E-state index >= 15 is 0 Å². The number of nitrogens with one attached hydrogen (secondary N) is 2. The van der Waals surface area contributed by atoms with Crippen LogP contribution in [0.25, 0.3) is 10.9 Å². The number of fused-ring (bicyclic) bond motifs is 1. The summed E-state index contributed by atoms with van der Waals surface area (Å²) in [5.41, 5.74) is 5.31. The van der Waals surface area contributed by atoms with Gasteiger partial charge in [-0.15, -0.1) is 0 Å². The van der Waals surface area contributed by atoms with E-state index in [4.69, 9.17) is 5.11 Å². The van der Waals surface area contributed by atoms with Crippen molar-refractivity contribution in [2.24, 2.45) is 7.05 Å². The zero-order valence-corrected chi connectivity index (χ0v) is 18.2. The SMILES string of the molecule is Cc1cccc(Nc2c(C(=O)NC(C)c3ccc(C(=O)O)cc3)n(C)c3ccccc23)c1. The van der Waals surface area contributed by atoms with Crippen LogP contribution in [-0.2, 0) is 7.05 Å². The number of carboxylic acids is 1. The summed E-state index contributed by atoms with van der Waals surface area (Å²) in [5.74, 6) is -1.19. The molecule has 3 N–H and O–H groups in total. The number of carboxylic acid groups (broad SMARTS) is 1. The van der Waals surface area contributed by atoms with Gasteiger partial charge < -0.3 is 20.3 Å². The smallest absolute Gasteiger partial charge is 0.335 e. The molecule has 0 saturated carbocycles. The number of para-hydroxylation sites is 1. The number of carbonyl (C=O) groups excluding carboxylic acids is 1. The maximum absolute atomic E-state index is 13.4. The molecule has 0 radical (unpaired) electrons. The first-order valence-corrected chi connectivity index (χ1v) is 10.4. The number of rotatable bonds is 6. The van der Waals surface area contributed by atoms with Gasteiger partial charge in [0.05, 0.1) is 22.8 Å². The molecule has 3 aromatic carbocycles. The third-order valence-electron chi connectivity index (χ3n) is 5.61. The minimum atomic E-state index is -0.976. The molecule has 0 fully saturated rings. The maximum Gasteiger partial charge on any atom is 0.335 e. The Labute approximate surface area is 186 Å². The van der Waals surface area contributed by atoms with Gasteiger partial charge in [-0.05, 0) is 55.3 Å². The van der Waals surface area contributed by atoms with Gasteiger partial charge in [-0.25, -0.2) is 4.79 Å². The van der Waals surface area contributed by atoms with Gasteiger partial charge in [0.25, 0.3) is 5.91 Å². The third kappa shape index (κ3) is 4.07. The number of nitrogens with zero attached hydrogens (tertiary/aromatic N) is 1. The van der Waals surface area contributed by atoms with Gasteiger partial charge in [0.15, 0.2) is 0 Å². The zero-order valence-electron chi connectivity index (χ0n) is 18.2. The molecule has 4 aromatic rings. The van der Waals surface area contributed by atoms with Gasteiger partial charge in [0, 0.05) is 18.1 Å². The molecular formula is C26H25N3O3. The van der Waals surface area contributed by atoms with Gasteiger partial charge in [-0.1, -0.05) is 42.5 Å². The lowest BCUT2D eigenvalue weighted by molar-refractivity contribution is 0.0696. The predicted octanol–water partition coefficient (Wildman–Crippen LogP) is 5.42. The number of aromatic carboxylic acids is 1. The van der Waals surface area contributed by atoms with E-state index in [1.165, 1.54) is 0 Å². The standard InChI is InChI=1S/C26H25N3O3/c1-16-7-6-8-20(15-16)28-23-21-9-4-5-10-22(21)29(3)24(23)25(30)27-17(2)18-11-13-19(14-12-18)26(31)32/h4-15,17,28H,1-3H3,(H,27,30)(H,31,32). The molecule has 0 aliphatic carbocycles. The van der Waals surface area contributed by atoms with Crippen LogP contribution in [0.4, 0.5) is 11.4 Å². The van der Waals surface area contributed by atoms with Crippen LogP contribution < -0.4 is 10.6 Å². The van der Waals surface area contributed by atoms with Crippen molar-refractivity contribution in [3.63, 3.8) is 0 Å². The quantitative estimate of drug-likeness (QED) is 0.384. The molecule has 6 heteroatoms. The van der Waals surface area contributed by atoms with E-state index in [1.54, 1.807) is 24.3 Å². The summed E-state index contributed by atoms with van der Waals surface area (Å²) in [6.45, 7) is 3.91. The molecule has 1 unspecified atom stereocenters. The first kappa shape index (κ1) is 21.2. The van der Waals surface area contributed by atoms with Gasteiger partial charge in [-0.3, -0.25) is 4.79 Å². The zero-order chi connectivity index (χ0) is 22.8. The van der Waals surface area contributed by atoms with Crippen molar-refractivity contribution in [1.29, 1.82) is 0 Å². The molecule has 0 saturated heterocycles. The predicted molar refractivity (Wildman–Crippen MR) is 127 cm³/mol. The molecule has 6 nitrogen and oxygen atoms in total. The van der Waals surface area contributed by atoms with Gasteiger partial charge >= 0.3 is 5.97 Å². The summed E-state index contributed by atoms with van der Waals surface area (Å²) < 4.78 is 1.89. The van der Waals surface area contributed by atoms with Gasteiger partial charge in [-0.2, -0.15) is 0 Å². The van der Waals surface area contributed by atoms with Crippen LogP contribution in [0, 0.1) is 6.92 Å². The van der Waals surface area contributed by atoms with E-state index in [2.05, 4.69) is 10.6 Å². The molecule has 162 valence electrons. The van der Waals surface area contributed by atoms with Crippen molar-refractivity contribution in [1.82, 2.24) is 9.88 Å². The third-order valence-corrected chi connectivity index (χ3v) is 5.61. The molecule has 0 aliphatic heterocycles. The summed E-state index contributed by atoms with van der Waals surface area (Å²) in [5, 5.41) is 16.6. The van der Waals surface area contributed by atoms with Crippen molar-refractivity contribution in [3.8, 4) is 0 Å². The maximum atomic E-state index is 13.4. The Morgan fingerprint density at radius 2 is 1.69 bits per heavy atom. The summed E-state index contributed by atoms with van der Waals surface area (Å²) in [6, 6.07) is 22.2. The summed E-state index contributed by atoms with van der Waals surface area (Å²) >= 11 is 0. The normalized spacial score (nSPS) is 11.8. The highest BCUT2D eigenvalue weighted by molar-refractivity contribution is 6.09. The summed E-state index contributed by atoms with van der Waals surface area (Å²) in [7, 11) is 1.88. The molecule has 4 rings (SSSR count). The summed E-state index contributed by atoms with van der Waals surface area (Å²) in [4.78, 5) is 24.5. The summed E-state index contributed by atoms with van der Waals surface area (Å²) in [6.07, 6.45) is 0. The second-order valence-corrected chi connectivity index (χ2v) is 7.92. The number of anilines is 2. The number of carbonyl (C=O) groups is 2. The number of hydrogen-bond acceptors (Lipinski definition) is 3. The monoisotopic (exact) mass is 427 g/mol. The van der Waals surface area contributed by atoms with Crippen LogP contribution in [0.5, 0.6) is 0 Å². The van der Waals surface area contributed by atoms with E-state index in [-0.39, 0.29) is 17.5 Å². The minimum absolute atomic E-state index is 0.214. The Morgan fingerprint density at radius 3 is 2.38 bits per heavy atom. The molecule has 32 heavy (non-hydrogen) atoms. The van der Waals surface area contributed by atoms with Crippen molar-refractivity contribution in [2.75, 3.05) is 5.32 Å². The van der Waals surface area contributed by atoms with E-state index in [0.29, 0.717) is 5.69 Å². The fourth-order valence-corrected chi connectivity index (χ4v) is 3.92. The van der Waals surface area contributed by atoms with Crippen molar-refractivity contribution < 1.29 is 14.7 Å². The fraction of sp³-hybridized carbons (Fsp3) is 0.154. The number of aromatic nitrogens is 1. The molecule has 1 aromatic heterocycles. The van der Waals surface area contributed by atoms with Gasteiger partial charge in [0.2, 0.25) is 0 Å². The van der Waals surface area contributed by atoms with Gasteiger partial charge in [0.1, 0.15) is 5.69 Å². The Kier molecular flexibility index (Phi) is 5.69. The Hall–Kier alpha value is -4.06. The molecule has 0 bridgehead atoms. The van der Waals surface area contributed by atoms with Crippen LogP contribution in [0.1, 0.15) is 44.9 Å². The lowest BCUT2D eigenvalue weighted by Gasteiger charge is -2.17. The average Bonchev–Trinajstić information content (AvgIpc) is 3.05. The van der Waals surface area contributed by atoms with Crippen molar-refractivity contribution in [2.45, 2.75) is 19.9 Å². The highest BCUT2D eigenvalue weighted by Crippen LogP contribution is 2.33. The lowest BCUT2D eigenvalue weighted by atomic mass is 10.1. The number of hydrogen-bond donors (Lipinski definition) is 3. The first-order valence-electron chi connectivity index (χ1n) is 10.4. The van der Waals surface area contributed by atoms with Crippen molar-refractivity contribution >= 4 is 34.2 Å². The molecule has 1 atom stereocenters. The molecule has 1 amide bonds. The van der Waals surface area contributed by atoms with Crippen LogP contribution in [0.15, 0.2) is 72.8 Å². The Balaban J connectivity index is 1.68. The largest absolute Gasteiger partial charge is 0.478 e. The van der Waals surface area contributed by atoms with Crippen LogP contribution >= 0.6 is 0 Å². The number of benzene rings is 3. The highest BCUT2D eigenvalue weighted by atomic mass is 16.4. The minimum Gasteiger partial charge on any atom is -0.478 e. The second-order valence-electron chi connectivity index (χ2n) is 7.92. The Bertz CT molecular complexity index is 1310. The Morgan fingerprint density at radius 1 is 0.969 bits per heavy atom. The van der Waals surface area contributed by atoms with Crippen LogP contribution in [-0.4, -0.2) is 21.6 Å². The van der Waals surface area contributed by atoms with E-state index in [0.717, 1.165) is 33.4 Å². The van der Waals surface area contributed by atoms with E-state index in [1.807, 2.05) is 74.0 Å². The van der Waals surface area contributed by atoms with E-state index in [9.17, 15) is 9.59 Å². The van der Waals surface area contributed by atoms with Crippen LogP contribution in [0.3, 0.4) is 0 Å². The second kappa shape index (κ2) is 8.59. The van der Waals surface area contributed by atoms with Crippen LogP contribution in [0.2, 0.25) is 0 Å². The average molecular weight is 428 g/mol. The number of aryl methyl sites for hydroxylation is 2. The highest BCUT2D eigenvalue weighted by Gasteiger charge is 2.23. The molecule has 0 spiro atoms.